The van der Waals surface area contributed by atoms with Gasteiger partial charge < -0.3 is 10.0 Å². The van der Waals surface area contributed by atoms with E-state index in [1.165, 1.54) is 0 Å². The molecule has 1 aromatic heterocycles. The van der Waals surface area contributed by atoms with Crippen molar-refractivity contribution in [2.45, 2.75) is 38.3 Å². The lowest BCUT2D eigenvalue weighted by molar-refractivity contribution is 0.158. The summed E-state index contributed by atoms with van der Waals surface area (Å²) in [4.78, 5) is 11.1. The van der Waals surface area contributed by atoms with Gasteiger partial charge in [-0.1, -0.05) is 30.3 Å². The minimum absolute atomic E-state index is 0.308. The summed E-state index contributed by atoms with van der Waals surface area (Å²) in [6.07, 6.45) is 6.21. The number of rotatable bonds is 4. The van der Waals surface area contributed by atoms with Gasteiger partial charge in [-0.25, -0.2) is 9.97 Å². The van der Waals surface area contributed by atoms with Crippen LogP contribution in [0.25, 0.3) is 0 Å². The normalized spacial score (nSPS) is 19.7. The molecule has 0 bridgehead atoms. The molecular weight excluding hydrogens is 262 g/mol. The first-order valence-corrected chi connectivity index (χ1v) is 7.52. The summed E-state index contributed by atoms with van der Waals surface area (Å²) >= 11 is 0. The molecule has 4 nitrogen and oxygen atoms in total. The van der Waals surface area contributed by atoms with E-state index < -0.39 is 6.10 Å². The van der Waals surface area contributed by atoms with Crippen molar-refractivity contribution in [2.75, 3.05) is 11.4 Å². The molecule has 1 aromatic carbocycles. The highest BCUT2D eigenvalue weighted by atomic mass is 16.3. The molecule has 0 amide bonds. The minimum Gasteiger partial charge on any atom is -0.388 e. The number of hydrogen-bond acceptors (Lipinski definition) is 4. The van der Waals surface area contributed by atoms with Crippen LogP contribution in [-0.4, -0.2) is 27.7 Å². The molecule has 4 heteroatoms. The van der Waals surface area contributed by atoms with Crippen LogP contribution in [0.4, 0.5) is 5.95 Å². The van der Waals surface area contributed by atoms with Crippen LogP contribution in [0.1, 0.15) is 36.5 Å². The predicted molar refractivity (Wildman–Crippen MR) is 83.2 cm³/mol. The van der Waals surface area contributed by atoms with Gasteiger partial charge in [0.05, 0.1) is 6.10 Å². The van der Waals surface area contributed by atoms with Gasteiger partial charge in [-0.15, -0.1) is 0 Å². The molecule has 0 aliphatic carbocycles. The van der Waals surface area contributed by atoms with Gasteiger partial charge in [-0.05, 0) is 37.3 Å². The Bertz CT molecular complexity index is 570. The monoisotopic (exact) mass is 283 g/mol. The zero-order chi connectivity index (χ0) is 14.7. The van der Waals surface area contributed by atoms with Crippen LogP contribution in [0, 0.1) is 6.92 Å². The summed E-state index contributed by atoms with van der Waals surface area (Å²) < 4.78 is 0. The van der Waals surface area contributed by atoms with Gasteiger partial charge in [0.1, 0.15) is 0 Å². The molecule has 0 radical (unpaired) electrons. The fourth-order valence-electron chi connectivity index (χ4n) is 2.95. The predicted octanol–water partition coefficient (Wildman–Crippen LogP) is 2.88. The second kappa shape index (κ2) is 6.22. The second-order valence-corrected chi connectivity index (χ2v) is 5.71. The molecular formula is C17H21N3O. The van der Waals surface area contributed by atoms with Gasteiger partial charge in [-0.2, -0.15) is 0 Å². The van der Waals surface area contributed by atoms with Crippen molar-refractivity contribution in [3.63, 3.8) is 0 Å². The molecule has 1 aliphatic rings. The number of aromatic nitrogens is 2. The average molecular weight is 283 g/mol. The van der Waals surface area contributed by atoms with E-state index in [9.17, 15) is 5.11 Å². The lowest BCUT2D eigenvalue weighted by atomic mass is 10.0. The van der Waals surface area contributed by atoms with Gasteiger partial charge in [0.25, 0.3) is 0 Å². The Morgan fingerprint density at radius 1 is 1.24 bits per heavy atom. The van der Waals surface area contributed by atoms with Gasteiger partial charge in [-0.3, -0.25) is 0 Å². The number of aliphatic hydroxyl groups excluding tert-OH is 1. The molecule has 21 heavy (non-hydrogen) atoms. The highest BCUT2D eigenvalue weighted by molar-refractivity contribution is 5.33. The number of anilines is 1. The molecule has 1 N–H and O–H groups in total. The van der Waals surface area contributed by atoms with Gasteiger partial charge in [0.15, 0.2) is 0 Å². The first-order valence-electron chi connectivity index (χ1n) is 7.52. The number of aryl methyl sites for hydroxylation is 1. The Labute approximate surface area is 125 Å². The molecule has 110 valence electrons. The van der Waals surface area contributed by atoms with Crippen LogP contribution in [0.5, 0.6) is 0 Å². The van der Waals surface area contributed by atoms with E-state index in [1.807, 2.05) is 49.6 Å². The molecule has 2 atom stereocenters. The molecule has 0 saturated carbocycles. The summed E-state index contributed by atoms with van der Waals surface area (Å²) in [6, 6.07) is 10.2. The van der Waals surface area contributed by atoms with Crippen LogP contribution in [0.3, 0.4) is 0 Å². The third-order valence-corrected chi connectivity index (χ3v) is 4.08. The Balaban J connectivity index is 1.71. The molecule has 3 rings (SSSR count). The summed E-state index contributed by atoms with van der Waals surface area (Å²) in [7, 11) is 0. The maximum atomic E-state index is 10.4. The Morgan fingerprint density at radius 2 is 1.95 bits per heavy atom. The Hall–Kier alpha value is -1.94. The van der Waals surface area contributed by atoms with Crippen LogP contribution >= 0.6 is 0 Å². The zero-order valence-corrected chi connectivity index (χ0v) is 12.3. The standard InChI is InChI=1S/C17H21N3O/c1-13-11-18-17(19-12-13)20-9-5-8-15(20)10-16(21)14-6-3-2-4-7-14/h2-4,6-7,11-12,15-16,21H,5,8-10H2,1H3. The lowest BCUT2D eigenvalue weighted by Gasteiger charge is -2.26. The van der Waals surface area contributed by atoms with Crippen LogP contribution in [-0.2, 0) is 0 Å². The average Bonchev–Trinajstić information content (AvgIpc) is 2.97. The molecule has 1 aliphatic heterocycles. The molecule has 2 heterocycles. The molecule has 1 saturated heterocycles. The van der Waals surface area contributed by atoms with Gasteiger partial charge in [0, 0.05) is 25.0 Å². The van der Waals surface area contributed by atoms with Crippen LogP contribution < -0.4 is 4.90 Å². The number of benzene rings is 1. The minimum atomic E-state index is -0.428. The van der Waals surface area contributed by atoms with Crippen molar-refractivity contribution >= 4 is 5.95 Å². The highest BCUT2D eigenvalue weighted by Gasteiger charge is 2.28. The van der Waals surface area contributed by atoms with Gasteiger partial charge in [0.2, 0.25) is 5.95 Å². The number of hydrogen-bond donors (Lipinski definition) is 1. The summed E-state index contributed by atoms with van der Waals surface area (Å²) in [6.45, 7) is 2.96. The molecule has 2 aromatic rings. The fraction of sp³-hybridized carbons (Fsp3) is 0.412. The van der Waals surface area contributed by atoms with Crippen molar-refractivity contribution in [1.29, 1.82) is 0 Å². The smallest absolute Gasteiger partial charge is 0.225 e. The molecule has 0 spiro atoms. The Kier molecular flexibility index (Phi) is 4.15. The van der Waals surface area contributed by atoms with Gasteiger partial charge >= 0.3 is 0 Å². The van der Waals surface area contributed by atoms with E-state index in [0.717, 1.165) is 42.9 Å². The fourth-order valence-corrected chi connectivity index (χ4v) is 2.95. The quantitative estimate of drug-likeness (QED) is 0.937. The van der Waals surface area contributed by atoms with Crippen LogP contribution in [0.2, 0.25) is 0 Å². The number of nitrogens with zero attached hydrogens (tertiary/aromatic N) is 3. The van der Waals surface area contributed by atoms with E-state index in [0.29, 0.717) is 6.04 Å². The maximum absolute atomic E-state index is 10.4. The third kappa shape index (κ3) is 3.22. The van der Waals surface area contributed by atoms with E-state index in [4.69, 9.17) is 0 Å². The summed E-state index contributed by atoms with van der Waals surface area (Å²) in [5.74, 6) is 0.781. The molecule has 1 fully saturated rings. The van der Waals surface area contributed by atoms with Crippen LogP contribution in [0.15, 0.2) is 42.7 Å². The van der Waals surface area contributed by atoms with E-state index in [-0.39, 0.29) is 0 Å². The van der Waals surface area contributed by atoms with Crippen molar-refractivity contribution < 1.29 is 5.11 Å². The summed E-state index contributed by atoms with van der Waals surface area (Å²) in [5.41, 5.74) is 2.05. The van der Waals surface area contributed by atoms with Crippen molar-refractivity contribution in [2.24, 2.45) is 0 Å². The maximum Gasteiger partial charge on any atom is 0.225 e. The first-order chi connectivity index (χ1) is 10.2. The number of aliphatic hydroxyl groups is 1. The topological polar surface area (TPSA) is 49.2 Å². The van der Waals surface area contributed by atoms with Crippen molar-refractivity contribution in [1.82, 2.24) is 9.97 Å². The second-order valence-electron chi connectivity index (χ2n) is 5.71. The lowest BCUT2D eigenvalue weighted by Crippen LogP contribution is -2.32. The summed E-state index contributed by atoms with van der Waals surface area (Å²) in [5, 5.41) is 10.4. The SMILES string of the molecule is Cc1cnc(N2CCCC2CC(O)c2ccccc2)nc1. The van der Waals surface area contributed by atoms with E-state index in [1.54, 1.807) is 0 Å². The van der Waals surface area contributed by atoms with Crippen molar-refractivity contribution in [3.8, 4) is 0 Å². The highest BCUT2D eigenvalue weighted by Crippen LogP contribution is 2.29. The zero-order valence-electron chi connectivity index (χ0n) is 12.3. The first kappa shape index (κ1) is 14.0. The van der Waals surface area contributed by atoms with E-state index in [2.05, 4.69) is 14.9 Å². The largest absolute Gasteiger partial charge is 0.388 e. The van der Waals surface area contributed by atoms with Crippen molar-refractivity contribution in [3.05, 3.63) is 53.9 Å². The third-order valence-electron chi connectivity index (χ3n) is 4.08. The molecule has 2 unspecified atom stereocenters. The van der Waals surface area contributed by atoms with E-state index >= 15 is 0 Å². The Morgan fingerprint density at radius 3 is 2.67 bits per heavy atom.